The van der Waals surface area contributed by atoms with Gasteiger partial charge in [-0.2, -0.15) is 0 Å². The van der Waals surface area contributed by atoms with E-state index >= 15 is 0 Å². The molecule has 1 heterocycles. The third-order valence-electron chi connectivity index (χ3n) is 2.07. The normalized spacial score (nSPS) is 12.8. The highest BCUT2D eigenvalue weighted by atomic mass is 79.9. The summed E-state index contributed by atoms with van der Waals surface area (Å²) >= 11 is 3.36. The van der Waals surface area contributed by atoms with E-state index in [9.17, 15) is 0 Å². The molecule has 78 valence electrons. The Kier molecular flexibility index (Phi) is 5.07. The molecule has 1 atom stereocenters. The second kappa shape index (κ2) is 6.11. The number of hydrogen-bond donors (Lipinski definition) is 2. The standard InChI is InChI=1S/C10H15BrN2O/c1-2-10(7-14)13-5-8-3-9(11)6-12-4-8/h3-4,6,10,13-14H,2,5,7H2,1H3/t10-/m1/s1. The molecule has 0 radical (unpaired) electrons. The van der Waals surface area contributed by atoms with Crippen molar-refractivity contribution >= 4 is 15.9 Å². The van der Waals surface area contributed by atoms with E-state index in [1.54, 1.807) is 6.20 Å². The lowest BCUT2D eigenvalue weighted by molar-refractivity contribution is 0.238. The van der Waals surface area contributed by atoms with Crippen LogP contribution in [0.15, 0.2) is 22.9 Å². The summed E-state index contributed by atoms with van der Waals surface area (Å²) in [5.41, 5.74) is 1.12. The molecule has 2 N–H and O–H groups in total. The first-order valence-corrected chi connectivity index (χ1v) is 5.49. The number of aromatic nitrogens is 1. The quantitative estimate of drug-likeness (QED) is 0.846. The van der Waals surface area contributed by atoms with Crippen LogP contribution in [0.5, 0.6) is 0 Å². The summed E-state index contributed by atoms with van der Waals surface area (Å²) in [7, 11) is 0. The van der Waals surface area contributed by atoms with Crippen molar-refractivity contribution < 1.29 is 5.11 Å². The smallest absolute Gasteiger partial charge is 0.0584 e. The van der Waals surface area contributed by atoms with Crippen molar-refractivity contribution in [2.75, 3.05) is 6.61 Å². The Morgan fingerprint density at radius 3 is 2.93 bits per heavy atom. The molecule has 0 aliphatic rings. The Balaban J connectivity index is 2.44. The van der Waals surface area contributed by atoms with E-state index in [1.807, 2.05) is 19.2 Å². The van der Waals surface area contributed by atoms with E-state index < -0.39 is 0 Å². The van der Waals surface area contributed by atoms with E-state index in [2.05, 4.69) is 26.2 Å². The maximum atomic E-state index is 8.97. The van der Waals surface area contributed by atoms with Gasteiger partial charge in [-0.15, -0.1) is 0 Å². The number of hydrogen-bond acceptors (Lipinski definition) is 3. The number of nitrogens with zero attached hydrogens (tertiary/aromatic N) is 1. The highest BCUT2D eigenvalue weighted by molar-refractivity contribution is 9.10. The van der Waals surface area contributed by atoms with Gasteiger partial charge in [-0.05, 0) is 34.0 Å². The first kappa shape index (κ1) is 11.6. The van der Waals surface area contributed by atoms with Crippen LogP contribution in [0.3, 0.4) is 0 Å². The summed E-state index contributed by atoms with van der Waals surface area (Å²) in [6.45, 7) is 2.97. The first-order chi connectivity index (χ1) is 6.76. The van der Waals surface area contributed by atoms with E-state index in [0.29, 0.717) is 0 Å². The molecule has 4 heteroatoms. The lowest BCUT2D eigenvalue weighted by Gasteiger charge is -2.13. The molecule has 0 aromatic carbocycles. The lowest BCUT2D eigenvalue weighted by atomic mass is 10.2. The molecule has 0 aliphatic carbocycles. The van der Waals surface area contributed by atoms with Crippen LogP contribution in [-0.2, 0) is 6.54 Å². The largest absolute Gasteiger partial charge is 0.395 e. The van der Waals surface area contributed by atoms with Gasteiger partial charge in [0.05, 0.1) is 6.61 Å². The molecule has 1 aromatic heterocycles. The van der Waals surface area contributed by atoms with E-state index in [0.717, 1.165) is 23.0 Å². The summed E-state index contributed by atoms with van der Waals surface area (Å²) in [5, 5.41) is 12.2. The zero-order valence-corrected chi connectivity index (χ0v) is 9.79. The minimum absolute atomic E-state index is 0.175. The minimum atomic E-state index is 0.175. The van der Waals surface area contributed by atoms with Gasteiger partial charge >= 0.3 is 0 Å². The number of halogens is 1. The number of aliphatic hydroxyl groups is 1. The van der Waals surface area contributed by atoms with Gasteiger partial charge in [0.15, 0.2) is 0 Å². The third-order valence-corrected chi connectivity index (χ3v) is 2.50. The highest BCUT2D eigenvalue weighted by Gasteiger charge is 2.03. The second-order valence-corrected chi connectivity index (χ2v) is 4.10. The molecule has 14 heavy (non-hydrogen) atoms. The van der Waals surface area contributed by atoms with Crippen molar-refractivity contribution in [1.82, 2.24) is 10.3 Å². The summed E-state index contributed by atoms with van der Waals surface area (Å²) in [6.07, 6.45) is 4.51. The predicted octanol–water partition coefficient (Wildman–Crippen LogP) is 1.70. The van der Waals surface area contributed by atoms with Crippen LogP contribution in [0.4, 0.5) is 0 Å². The molecular formula is C10H15BrN2O. The van der Waals surface area contributed by atoms with Crippen molar-refractivity contribution in [3.8, 4) is 0 Å². The maximum Gasteiger partial charge on any atom is 0.0584 e. The Morgan fingerprint density at radius 2 is 2.36 bits per heavy atom. The predicted molar refractivity (Wildman–Crippen MR) is 59.9 cm³/mol. The van der Waals surface area contributed by atoms with Crippen LogP contribution < -0.4 is 5.32 Å². The molecular weight excluding hydrogens is 244 g/mol. The van der Waals surface area contributed by atoms with Gasteiger partial charge in [0.25, 0.3) is 0 Å². The lowest BCUT2D eigenvalue weighted by Crippen LogP contribution is -2.31. The fourth-order valence-corrected chi connectivity index (χ4v) is 1.56. The van der Waals surface area contributed by atoms with E-state index in [1.165, 1.54) is 0 Å². The van der Waals surface area contributed by atoms with Gasteiger partial charge in [-0.25, -0.2) is 0 Å². The Hall–Kier alpha value is -0.450. The molecule has 3 nitrogen and oxygen atoms in total. The summed E-state index contributed by atoms with van der Waals surface area (Å²) < 4.78 is 0.980. The molecule has 0 saturated carbocycles. The summed E-state index contributed by atoms with van der Waals surface area (Å²) in [5.74, 6) is 0. The van der Waals surface area contributed by atoms with Crippen LogP contribution in [0.1, 0.15) is 18.9 Å². The van der Waals surface area contributed by atoms with Gasteiger partial charge < -0.3 is 10.4 Å². The molecule has 0 fully saturated rings. The number of aliphatic hydroxyl groups excluding tert-OH is 1. The fraction of sp³-hybridized carbons (Fsp3) is 0.500. The molecule has 0 aliphatic heterocycles. The SMILES string of the molecule is CC[C@H](CO)NCc1cncc(Br)c1. The molecule has 0 saturated heterocycles. The van der Waals surface area contributed by atoms with Crippen molar-refractivity contribution in [2.24, 2.45) is 0 Å². The van der Waals surface area contributed by atoms with Crippen molar-refractivity contribution in [3.05, 3.63) is 28.5 Å². The Bertz CT molecular complexity index is 277. The molecule has 1 rings (SSSR count). The molecule has 0 amide bonds. The molecule has 0 spiro atoms. The molecule has 0 unspecified atom stereocenters. The average molecular weight is 259 g/mol. The zero-order chi connectivity index (χ0) is 10.4. The fourth-order valence-electron chi connectivity index (χ4n) is 1.15. The maximum absolute atomic E-state index is 8.97. The third kappa shape index (κ3) is 3.74. The summed E-state index contributed by atoms with van der Waals surface area (Å²) in [6, 6.07) is 2.19. The van der Waals surface area contributed by atoms with Crippen molar-refractivity contribution in [2.45, 2.75) is 25.9 Å². The van der Waals surface area contributed by atoms with Gasteiger partial charge in [-0.1, -0.05) is 6.92 Å². The van der Waals surface area contributed by atoms with Gasteiger partial charge in [0.2, 0.25) is 0 Å². The van der Waals surface area contributed by atoms with Crippen LogP contribution in [0, 0.1) is 0 Å². The number of nitrogens with one attached hydrogen (secondary N) is 1. The second-order valence-electron chi connectivity index (χ2n) is 3.18. The van der Waals surface area contributed by atoms with E-state index in [4.69, 9.17) is 5.11 Å². The minimum Gasteiger partial charge on any atom is -0.395 e. The highest BCUT2D eigenvalue weighted by Crippen LogP contribution is 2.09. The topological polar surface area (TPSA) is 45.1 Å². The monoisotopic (exact) mass is 258 g/mol. The molecule has 1 aromatic rings. The van der Waals surface area contributed by atoms with Crippen LogP contribution in [0.2, 0.25) is 0 Å². The average Bonchev–Trinajstić information content (AvgIpc) is 2.19. The van der Waals surface area contributed by atoms with Gasteiger partial charge in [0.1, 0.15) is 0 Å². The van der Waals surface area contributed by atoms with Crippen molar-refractivity contribution in [3.63, 3.8) is 0 Å². The Morgan fingerprint density at radius 1 is 1.57 bits per heavy atom. The van der Waals surface area contributed by atoms with Gasteiger partial charge in [0, 0.05) is 29.5 Å². The van der Waals surface area contributed by atoms with Crippen molar-refractivity contribution in [1.29, 1.82) is 0 Å². The van der Waals surface area contributed by atoms with Crippen LogP contribution >= 0.6 is 15.9 Å². The van der Waals surface area contributed by atoms with E-state index in [-0.39, 0.29) is 12.6 Å². The summed E-state index contributed by atoms with van der Waals surface area (Å²) in [4.78, 5) is 4.06. The number of pyridine rings is 1. The first-order valence-electron chi connectivity index (χ1n) is 4.70. The van der Waals surface area contributed by atoms with Crippen LogP contribution in [-0.4, -0.2) is 22.7 Å². The van der Waals surface area contributed by atoms with Gasteiger partial charge in [-0.3, -0.25) is 4.98 Å². The zero-order valence-electron chi connectivity index (χ0n) is 8.20. The Labute approximate surface area is 92.7 Å². The molecule has 0 bridgehead atoms. The number of rotatable bonds is 5. The van der Waals surface area contributed by atoms with Crippen LogP contribution in [0.25, 0.3) is 0 Å².